The van der Waals surface area contributed by atoms with Crippen LogP contribution < -0.4 is 21.6 Å². The molecule has 2 aromatic carbocycles. The lowest BCUT2D eigenvalue weighted by Crippen LogP contribution is -2.40. The van der Waals surface area contributed by atoms with Gasteiger partial charge in [0.15, 0.2) is 0 Å². The Morgan fingerprint density at radius 2 is 2.13 bits per heavy atom. The van der Waals surface area contributed by atoms with Crippen LogP contribution in [0.2, 0.25) is 0 Å². The smallest absolute Gasteiger partial charge is 0.143 e. The normalized spacial score (nSPS) is 19.7. The largest absolute Gasteiger partial charge is 0.372 e. The van der Waals surface area contributed by atoms with Crippen molar-refractivity contribution in [2.45, 2.75) is 38.3 Å². The summed E-state index contributed by atoms with van der Waals surface area (Å²) in [6.45, 7) is 4.04. The first kappa shape index (κ1) is 24.2. The second-order valence-electron chi connectivity index (χ2n) is 10.3. The number of aliphatic hydroxyl groups is 1. The van der Waals surface area contributed by atoms with E-state index in [1.54, 1.807) is 6.20 Å². The summed E-state index contributed by atoms with van der Waals surface area (Å²) in [5, 5.41) is 18.1. The highest BCUT2D eigenvalue weighted by Crippen LogP contribution is 2.39. The summed E-state index contributed by atoms with van der Waals surface area (Å²) in [5.41, 5.74) is 10.0. The van der Waals surface area contributed by atoms with E-state index in [4.69, 9.17) is 12.3 Å². The predicted octanol–water partition coefficient (Wildman–Crippen LogP) is 3.65. The average molecular weight is 501 g/mol. The van der Waals surface area contributed by atoms with Gasteiger partial charge in [0.05, 0.1) is 12.2 Å². The van der Waals surface area contributed by atoms with Crippen LogP contribution in [-0.2, 0) is 12.8 Å². The number of hydrogen-bond donors (Lipinski definition) is 3. The van der Waals surface area contributed by atoms with Crippen molar-refractivity contribution in [3.05, 3.63) is 98.6 Å². The molecule has 0 aliphatic heterocycles. The number of nitrogens with two attached hydrogens (primary N) is 1. The molecule has 6 rings (SSSR count). The number of hydrogen-bond acceptors (Lipinski definition) is 5. The average Bonchev–Trinajstić information content (AvgIpc) is 2.94. The lowest BCUT2D eigenvalue weighted by atomic mass is 9.72. The van der Waals surface area contributed by atoms with Crippen molar-refractivity contribution in [3.63, 3.8) is 0 Å². The Labute approximate surface area is 223 Å². The first-order valence-corrected chi connectivity index (χ1v) is 13.2. The Bertz CT molecular complexity index is 1620. The molecule has 0 bridgehead atoms. The number of hydrazine groups is 1. The minimum absolute atomic E-state index is 0.190. The summed E-state index contributed by atoms with van der Waals surface area (Å²) in [5.74, 6) is 9.62. The zero-order chi connectivity index (χ0) is 26.2. The molecule has 38 heavy (non-hydrogen) atoms. The Morgan fingerprint density at radius 3 is 2.97 bits per heavy atom. The number of allylic oxidation sites excluding steroid dienone is 5. The van der Waals surface area contributed by atoms with Gasteiger partial charge in [-0.15, -0.1) is 6.42 Å². The number of anilines is 1. The molecule has 0 saturated heterocycles. The molecule has 0 spiro atoms. The zero-order valence-electron chi connectivity index (χ0n) is 21.5. The molecule has 0 fully saturated rings. The summed E-state index contributed by atoms with van der Waals surface area (Å²) >= 11 is 0. The first-order valence-electron chi connectivity index (χ1n) is 13.2. The van der Waals surface area contributed by atoms with Crippen LogP contribution in [0.3, 0.4) is 0 Å². The second kappa shape index (κ2) is 9.98. The van der Waals surface area contributed by atoms with Gasteiger partial charge in [0.2, 0.25) is 0 Å². The molecule has 190 valence electrons. The van der Waals surface area contributed by atoms with Crippen LogP contribution in [0, 0.1) is 18.3 Å². The van der Waals surface area contributed by atoms with E-state index >= 15 is 0 Å². The molecular formula is C33H32N4O. The van der Waals surface area contributed by atoms with Gasteiger partial charge in [0, 0.05) is 28.9 Å². The van der Waals surface area contributed by atoms with Crippen LogP contribution in [0.4, 0.5) is 5.69 Å². The molecule has 0 saturated carbocycles. The van der Waals surface area contributed by atoms with Crippen molar-refractivity contribution in [1.29, 1.82) is 0 Å². The van der Waals surface area contributed by atoms with Crippen molar-refractivity contribution in [1.82, 2.24) is 5.01 Å². The lowest BCUT2D eigenvalue weighted by molar-refractivity contribution is 0.159. The van der Waals surface area contributed by atoms with Crippen LogP contribution >= 0.6 is 0 Å². The molecule has 2 atom stereocenters. The minimum atomic E-state index is -0.851. The molecular weight excluding hydrogens is 468 g/mol. The summed E-state index contributed by atoms with van der Waals surface area (Å²) in [6.07, 6.45) is 22.5. The van der Waals surface area contributed by atoms with Gasteiger partial charge in [0.1, 0.15) is 6.23 Å². The summed E-state index contributed by atoms with van der Waals surface area (Å²) < 4.78 is 0. The maximum Gasteiger partial charge on any atom is 0.143 e. The molecule has 5 nitrogen and oxygen atoms in total. The van der Waals surface area contributed by atoms with Crippen LogP contribution in [0.15, 0.2) is 70.9 Å². The quantitative estimate of drug-likeness (QED) is 0.178. The number of rotatable bonds is 7. The van der Waals surface area contributed by atoms with Gasteiger partial charge < -0.3 is 15.4 Å². The van der Waals surface area contributed by atoms with E-state index in [0.717, 1.165) is 48.9 Å². The number of terminal acetylenes is 1. The van der Waals surface area contributed by atoms with Crippen LogP contribution in [0.1, 0.15) is 41.5 Å². The fourth-order valence-corrected chi connectivity index (χ4v) is 6.32. The van der Waals surface area contributed by atoms with Gasteiger partial charge in [-0.25, -0.2) is 5.84 Å². The monoisotopic (exact) mass is 500 g/mol. The van der Waals surface area contributed by atoms with Gasteiger partial charge >= 0.3 is 0 Å². The van der Waals surface area contributed by atoms with E-state index in [2.05, 4.69) is 71.5 Å². The van der Waals surface area contributed by atoms with Crippen LogP contribution in [-0.4, -0.2) is 29.6 Å². The minimum Gasteiger partial charge on any atom is -0.372 e. The molecule has 0 amide bonds. The third kappa shape index (κ3) is 4.22. The topological polar surface area (TPSA) is 73.9 Å². The van der Waals surface area contributed by atoms with Gasteiger partial charge in [-0.3, -0.25) is 4.99 Å². The Balaban J connectivity index is 1.30. The highest BCUT2D eigenvalue weighted by molar-refractivity contribution is 5.81. The maximum absolute atomic E-state index is 10.8. The van der Waals surface area contributed by atoms with Crippen LogP contribution in [0.5, 0.6) is 0 Å². The standard InChI is InChI=1S/C33H32N4O/c1-3-21-11-12-23-13-14-24-15-16-27(28-18-17-26(21)32(23)33(24)28)30(35-2)19-37(34)20-31(38)36-29-10-6-8-22-7-4-5-9-25(22)29/h1,4,6-8,10-12,14-16,19,23,31,36,38H,2,5,9,13,17-18,20,34H2/b30-19-. The highest BCUT2D eigenvalue weighted by Gasteiger charge is 2.29. The molecule has 0 heterocycles. The fourth-order valence-electron chi connectivity index (χ4n) is 6.32. The van der Waals surface area contributed by atoms with E-state index in [9.17, 15) is 5.11 Å². The second-order valence-corrected chi connectivity index (χ2v) is 10.3. The summed E-state index contributed by atoms with van der Waals surface area (Å²) in [4.78, 5) is 4.36. The van der Waals surface area contributed by atoms with Gasteiger partial charge in [0.25, 0.3) is 0 Å². The van der Waals surface area contributed by atoms with E-state index in [0.29, 0.717) is 11.6 Å². The molecule has 4 aliphatic carbocycles. The molecule has 2 unspecified atom stereocenters. The van der Waals surface area contributed by atoms with Crippen molar-refractivity contribution >= 4 is 35.8 Å². The van der Waals surface area contributed by atoms with E-state index in [1.807, 2.05) is 12.1 Å². The number of fused-ring (bicyclic) bond motifs is 1. The molecule has 2 aromatic rings. The van der Waals surface area contributed by atoms with Crippen molar-refractivity contribution in [2.75, 3.05) is 11.9 Å². The molecule has 0 radical (unpaired) electrons. The summed E-state index contributed by atoms with van der Waals surface area (Å²) in [6, 6.07) is 10.4. The molecule has 5 heteroatoms. The number of benzene rings is 2. The van der Waals surface area contributed by atoms with E-state index in [1.165, 1.54) is 43.3 Å². The third-order valence-electron chi connectivity index (χ3n) is 8.01. The predicted molar refractivity (Wildman–Crippen MR) is 157 cm³/mol. The van der Waals surface area contributed by atoms with Crippen molar-refractivity contribution in [2.24, 2.45) is 16.8 Å². The van der Waals surface area contributed by atoms with Gasteiger partial charge in [-0.05, 0) is 89.2 Å². The van der Waals surface area contributed by atoms with Crippen molar-refractivity contribution < 1.29 is 5.11 Å². The highest BCUT2D eigenvalue weighted by atomic mass is 16.3. The number of nitrogens with zero attached hydrogens (tertiary/aromatic N) is 2. The maximum atomic E-state index is 10.8. The number of aliphatic hydroxyl groups excluding tert-OH is 1. The first-order chi connectivity index (χ1) is 18.6. The van der Waals surface area contributed by atoms with Crippen LogP contribution in [0.25, 0.3) is 23.4 Å². The van der Waals surface area contributed by atoms with Gasteiger partial charge in [-0.1, -0.05) is 54.5 Å². The van der Waals surface area contributed by atoms with Crippen molar-refractivity contribution in [3.8, 4) is 12.3 Å². The Hall–Kier alpha value is -4.11. The lowest BCUT2D eigenvalue weighted by Gasteiger charge is -2.32. The molecule has 4 aliphatic rings. The Kier molecular flexibility index (Phi) is 6.37. The fraction of sp³-hybridized carbons (Fsp3) is 0.242. The van der Waals surface area contributed by atoms with E-state index < -0.39 is 6.23 Å². The molecule has 4 N–H and O–H groups in total. The SMILES string of the molecule is C#CC1=C2CCc3c(/C(=C/N(N)CC(O)Nc4cccc5c4CCC=C5)N=C)ccc4c3=C2C(C=C1)CC=4. The molecule has 0 aromatic heterocycles. The van der Waals surface area contributed by atoms with E-state index in [-0.39, 0.29) is 6.54 Å². The summed E-state index contributed by atoms with van der Waals surface area (Å²) in [7, 11) is 0. The van der Waals surface area contributed by atoms with Gasteiger partial charge in [-0.2, -0.15) is 0 Å². The third-order valence-corrected chi connectivity index (χ3v) is 8.01. The number of nitrogens with one attached hydrogen (secondary N) is 1. The Morgan fingerprint density at radius 1 is 1.24 bits per heavy atom. The zero-order valence-corrected chi connectivity index (χ0v) is 21.5. The number of aliphatic imine (C=N–C) groups is 1.